The Morgan fingerprint density at radius 2 is 1.83 bits per heavy atom. The molecule has 2 aliphatic heterocycles. The molecule has 0 radical (unpaired) electrons. The van der Waals surface area contributed by atoms with Crippen molar-refractivity contribution < 1.29 is 18.0 Å². The topological polar surface area (TPSA) is 26.8 Å². The Morgan fingerprint density at radius 3 is 2.60 bits per heavy atom. The van der Waals surface area contributed by atoms with Gasteiger partial charge in [0.1, 0.15) is 0 Å². The van der Waals surface area contributed by atoms with E-state index in [1.807, 2.05) is 24.3 Å². The molecule has 7 heteroatoms. The summed E-state index contributed by atoms with van der Waals surface area (Å²) in [6.07, 6.45) is -2.04. The predicted molar refractivity (Wildman–Crippen MR) is 114 cm³/mol. The molecule has 30 heavy (non-hydrogen) atoms. The zero-order valence-electron chi connectivity index (χ0n) is 16.9. The molecule has 2 aromatic rings. The van der Waals surface area contributed by atoms with Crippen molar-refractivity contribution in [2.24, 2.45) is 0 Å². The average Bonchev–Trinajstić information content (AvgIpc) is 2.85. The number of carbonyl (C=O) groups excluding carboxylic acids is 1. The Hall–Kier alpha value is -2.54. The highest BCUT2D eigenvalue weighted by atomic mass is 19.4. The van der Waals surface area contributed by atoms with Crippen molar-refractivity contribution in [1.82, 2.24) is 4.90 Å². The quantitative estimate of drug-likeness (QED) is 0.630. The smallest absolute Gasteiger partial charge is 0.370 e. The molecule has 4 rings (SSSR count). The number of rotatable bonds is 6. The van der Waals surface area contributed by atoms with Crippen LogP contribution in [0.1, 0.15) is 29.6 Å². The first-order chi connectivity index (χ1) is 14.4. The minimum Gasteiger partial charge on any atom is -0.370 e. The minimum atomic E-state index is -4.08. The second-order valence-corrected chi connectivity index (χ2v) is 7.94. The van der Waals surface area contributed by atoms with Gasteiger partial charge in [0.25, 0.3) is 5.91 Å². The summed E-state index contributed by atoms with van der Waals surface area (Å²) in [5.74, 6) is -0.000596. The van der Waals surface area contributed by atoms with Gasteiger partial charge in [-0.2, -0.15) is 13.2 Å². The van der Waals surface area contributed by atoms with E-state index in [4.69, 9.17) is 0 Å². The number of hydrogen-bond donors (Lipinski definition) is 0. The average molecular weight is 417 g/mol. The fourth-order valence-corrected chi connectivity index (χ4v) is 4.56. The van der Waals surface area contributed by atoms with Gasteiger partial charge in [-0.15, -0.1) is 6.58 Å². The van der Waals surface area contributed by atoms with E-state index in [1.54, 1.807) is 11.0 Å². The van der Waals surface area contributed by atoms with Crippen molar-refractivity contribution in [1.29, 1.82) is 0 Å². The summed E-state index contributed by atoms with van der Waals surface area (Å²) in [5.41, 5.74) is 2.72. The second-order valence-electron chi connectivity index (χ2n) is 7.94. The van der Waals surface area contributed by atoms with Crippen LogP contribution in [0.25, 0.3) is 10.8 Å². The van der Waals surface area contributed by atoms with Crippen LogP contribution in [-0.4, -0.2) is 56.3 Å². The van der Waals surface area contributed by atoms with Crippen LogP contribution < -0.4 is 9.80 Å². The molecule has 2 aliphatic rings. The molecule has 0 aromatic heterocycles. The van der Waals surface area contributed by atoms with Crippen molar-refractivity contribution in [3.05, 3.63) is 48.6 Å². The van der Waals surface area contributed by atoms with Crippen LogP contribution in [-0.2, 0) is 0 Å². The summed E-state index contributed by atoms with van der Waals surface area (Å²) in [5, 5.41) is 2.03. The zero-order valence-corrected chi connectivity index (χ0v) is 16.9. The number of alkyl halides is 3. The van der Waals surface area contributed by atoms with Crippen LogP contribution in [0, 0.1) is 0 Å². The molecule has 0 unspecified atom stereocenters. The summed E-state index contributed by atoms with van der Waals surface area (Å²) in [6.45, 7) is 7.85. The molecule has 1 amide bonds. The van der Waals surface area contributed by atoms with E-state index in [1.165, 1.54) is 0 Å². The fraction of sp³-hybridized carbons (Fsp3) is 0.435. The van der Waals surface area contributed by atoms with Crippen LogP contribution in [0.2, 0.25) is 0 Å². The van der Waals surface area contributed by atoms with Gasteiger partial charge in [0.05, 0.1) is 5.69 Å². The van der Waals surface area contributed by atoms with Crippen LogP contribution in [0.5, 0.6) is 0 Å². The lowest BCUT2D eigenvalue weighted by Gasteiger charge is -2.26. The van der Waals surface area contributed by atoms with Gasteiger partial charge in [-0.1, -0.05) is 18.2 Å². The van der Waals surface area contributed by atoms with Gasteiger partial charge in [0.2, 0.25) is 0 Å². The van der Waals surface area contributed by atoms with Crippen molar-refractivity contribution in [2.45, 2.75) is 25.4 Å². The molecule has 0 saturated carbocycles. The van der Waals surface area contributed by atoms with Gasteiger partial charge in [-0.3, -0.25) is 4.79 Å². The molecule has 0 atom stereocenters. The van der Waals surface area contributed by atoms with Crippen LogP contribution in [0.15, 0.2) is 43.0 Å². The maximum atomic E-state index is 12.8. The van der Waals surface area contributed by atoms with Crippen LogP contribution >= 0.6 is 0 Å². The van der Waals surface area contributed by atoms with Gasteiger partial charge in [-0.25, -0.2) is 0 Å². The van der Waals surface area contributed by atoms with E-state index < -0.39 is 12.6 Å². The van der Waals surface area contributed by atoms with Crippen LogP contribution in [0.3, 0.4) is 0 Å². The summed E-state index contributed by atoms with van der Waals surface area (Å²) >= 11 is 0. The van der Waals surface area contributed by atoms with E-state index in [0.717, 1.165) is 60.3 Å². The molecule has 2 heterocycles. The van der Waals surface area contributed by atoms with Crippen molar-refractivity contribution >= 4 is 28.1 Å². The molecule has 0 N–H and O–H groups in total. The van der Waals surface area contributed by atoms with Crippen LogP contribution in [0.4, 0.5) is 24.5 Å². The van der Waals surface area contributed by atoms with Gasteiger partial charge in [0, 0.05) is 54.6 Å². The summed E-state index contributed by atoms with van der Waals surface area (Å²) in [4.78, 5) is 19.0. The third-order valence-corrected chi connectivity index (χ3v) is 5.94. The lowest BCUT2D eigenvalue weighted by molar-refractivity contribution is -0.136. The maximum Gasteiger partial charge on any atom is 0.389 e. The van der Waals surface area contributed by atoms with Crippen molar-refractivity contribution in [3.8, 4) is 0 Å². The molecular formula is C23H26F3N3O. The molecule has 1 saturated heterocycles. The largest absolute Gasteiger partial charge is 0.389 e. The highest BCUT2D eigenvalue weighted by Gasteiger charge is 2.31. The molecule has 4 nitrogen and oxygen atoms in total. The van der Waals surface area contributed by atoms with Crippen molar-refractivity contribution in [3.63, 3.8) is 0 Å². The normalized spacial score (nSPS) is 17.6. The lowest BCUT2D eigenvalue weighted by Crippen LogP contribution is -2.32. The first-order valence-corrected chi connectivity index (χ1v) is 10.4. The maximum absolute atomic E-state index is 12.8. The highest BCUT2D eigenvalue weighted by molar-refractivity contribution is 6.26. The zero-order chi connectivity index (χ0) is 21.3. The molecule has 2 aromatic carbocycles. The number of halogens is 3. The van der Waals surface area contributed by atoms with Gasteiger partial charge >= 0.3 is 6.18 Å². The molecular weight excluding hydrogens is 391 g/mol. The summed E-state index contributed by atoms with van der Waals surface area (Å²) in [7, 11) is 0. The number of carbonyl (C=O) groups is 1. The highest BCUT2D eigenvalue weighted by Crippen LogP contribution is 2.41. The second kappa shape index (κ2) is 8.30. The Balaban J connectivity index is 1.54. The first kappa shape index (κ1) is 20.7. The first-order valence-electron chi connectivity index (χ1n) is 10.4. The minimum absolute atomic E-state index is 0.000596. The standard InChI is InChI=1S/C23H26F3N3O/c1-2-11-29-20-9-8-19(17-6-3-7-18(21(17)20)22(29)30)28-14-5-13-27(15-16-28)12-4-10-23(24,25)26/h2-3,6-9H,1,4-5,10-16H2. The predicted octanol–water partition coefficient (Wildman–Crippen LogP) is 4.84. The van der Waals surface area contributed by atoms with E-state index >= 15 is 0 Å². The van der Waals surface area contributed by atoms with E-state index in [0.29, 0.717) is 13.1 Å². The van der Waals surface area contributed by atoms with Gasteiger partial charge in [0.15, 0.2) is 0 Å². The SMILES string of the molecule is C=CCN1C(=O)c2cccc3c(N4CCCN(CCCC(F)(F)F)CC4)ccc1c23. The van der Waals surface area contributed by atoms with E-state index in [2.05, 4.69) is 22.4 Å². The molecule has 0 aliphatic carbocycles. The van der Waals surface area contributed by atoms with Gasteiger partial charge in [-0.05, 0) is 44.1 Å². The Morgan fingerprint density at radius 1 is 1.03 bits per heavy atom. The number of benzene rings is 2. The molecule has 160 valence electrons. The fourth-order valence-electron chi connectivity index (χ4n) is 4.56. The Bertz CT molecular complexity index is 957. The number of anilines is 2. The Labute approximate surface area is 174 Å². The number of hydrogen-bond acceptors (Lipinski definition) is 3. The summed E-state index contributed by atoms with van der Waals surface area (Å²) < 4.78 is 37.3. The third kappa shape index (κ3) is 4.03. The third-order valence-electron chi connectivity index (χ3n) is 5.94. The number of nitrogens with zero attached hydrogens (tertiary/aromatic N) is 3. The van der Waals surface area contributed by atoms with E-state index in [-0.39, 0.29) is 12.3 Å². The van der Waals surface area contributed by atoms with Gasteiger partial charge < -0.3 is 14.7 Å². The lowest BCUT2D eigenvalue weighted by atomic mass is 10.0. The Kier molecular flexibility index (Phi) is 5.73. The molecule has 0 bridgehead atoms. The molecule has 1 fully saturated rings. The van der Waals surface area contributed by atoms with Crippen molar-refractivity contribution in [2.75, 3.05) is 49.1 Å². The summed E-state index contributed by atoms with van der Waals surface area (Å²) in [6, 6.07) is 9.90. The van der Waals surface area contributed by atoms with E-state index in [9.17, 15) is 18.0 Å². The number of amides is 1. The molecule has 0 spiro atoms. The monoisotopic (exact) mass is 417 g/mol.